The maximum atomic E-state index is 11.2. The molecule has 0 amide bonds. The molecule has 0 heterocycles. The van der Waals surface area contributed by atoms with Crippen LogP contribution in [0.3, 0.4) is 0 Å². The molecule has 5 nitrogen and oxygen atoms in total. The molecule has 0 saturated heterocycles. The van der Waals surface area contributed by atoms with Gasteiger partial charge in [-0.1, -0.05) is 12.1 Å². The van der Waals surface area contributed by atoms with E-state index in [9.17, 15) is 8.42 Å². The van der Waals surface area contributed by atoms with Gasteiger partial charge in [0.05, 0.1) is 4.90 Å². The van der Waals surface area contributed by atoms with Gasteiger partial charge in [0.25, 0.3) is 0 Å². The molecular weight excluding hydrogens is 306 g/mol. The van der Waals surface area contributed by atoms with E-state index in [1.165, 1.54) is 12.1 Å². The van der Waals surface area contributed by atoms with Crippen molar-refractivity contribution in [2.45, 2.75) is 11.8 Å². The minimum atomic E-state index is -3.68. The summed E-state index contributed by atoms with van der Waals surface area (Å²) in [6.45, 7) is 1.99. The molecule has 0 saturated carbocycles. The molecule has 4 N–H and O–H groups in total. The zero-order valence-electron chi connectivity index (χ0n) is 11.3. The van der Waals surface area contributed by atoms with Gasteiger partial charge in [-0.25, -0.2) is 13.6 Å². The van der Waals surface area contributed by atoms with Crippen molar-refractivity contribution in [1.29, 1.82) is 0 Å². The molecule has 0 aliphatic carbocycles. The lowest BCUT2D eigenvalue weighted by molar-refractivity contribution is 0.598. The van der Waals surface area contributed by atoms with Crippen molar-refractivity contribution in [3.05, 3.63) is 54.1 Å². The number of rotatable bonds is 3. The summed E-state index contributed by atoms with van der Waals surface area (Å²) in [6.07, 6.45) is 0. The van der Waals surface area contributed by atoms with E-state index in [1.807, 2.05) is 31.2 Å². The van der Waals surface area contributed by atoms with E-state index in [4.69, 9.17) is 17.4 Å². The van der Waals surface area contributed by atoms with Gasteiger partial charge in [-0.15, -0.1) is 0 Å². The van der Waals surface area contributed by atoms with Crippen LogP contribution in [0.5, 0.6) is 0 Å². The second kappa shape index (κ2) is 6.21. The Kier molecular flexibility index (Phi) is 4.56. The molecule has 110 valence electrons. The van der Waals surface area contributed by atoms with E-state index in [-0.39, 0.29) is 4.90 Å². The zero-order valence-corrected chi connectivity index (χ0v) is 13.0. The fourth-order valence-corrected chi connectivity index (χ4v) is 2.50. The molecule has 2 aromatic rings. The van der Waals surface area contributed by atoms with Crippen molar-refractivity contribution in [1.82, 2.24) is 0 Å². The SMILES string of the molecule is Cc1cccc(NC(=S)Nc2ccc(S(N)(=O)=O)cc2)c1. The van der Waals surface area contributed by atoms with E-state index < -0.39 is 10.0 Å². The highest BCUT2D eigenvalue weighted by Gasteiger charge is 2.07. The predicted molar refractivity (Wildman–Crippen MR) is 88.8 cm³/mol. The highest BCUT2D eigenvalue weighted by atomic mass is 32.2. The van der Waals surface area contributed by atoms with Crippen LogP contribution in [0.4, 0.5) is 11.4 Å². The summed E-state index contributed by atoms with van der Waals surface area (Å²) in [5.74, 6) is 0. The lowest BCUT2D eigenvalue weighted by Crippen LogP contribution is -2.19. The molecule has 0 bridgehead atoms. The van der Waals surface area contributed by atoms with E-state index in [2.05, 4.69) is 10.6 Å². The number of nitrogens with two attached hydrogens (primary N) is 1. The Morgan fingerprint density at radius 2 is 1.67 bits per heavy atom. The quantitative estimate of drug-likeness (QED) is 0.756. The average Bonchev–Trinajstić information content (AvgIpc) is 2.38. The molecule has 7 heteroatoms. The topological polar surface area (TPSA) is 84.2 Å². The van der Waals surface area contributed by atoms with Crippen molar-refractivity contribution in [2.24, 2.45) is 5.14 Å². The minimum Gasteiger partial charge on any atom is -0.332 e. The molecule has 0 radical (unpaired) electrons. The van der Waals surface area contributed by atoms with Gasteiger partial charge < -0.3 is 10.6 Å². The van der Waals surface area contributed by atoms with Crippen LogP contribution in [0.25, 0.3) is 0 Å². The average molecular weight is 321 g/mol. The van der Waals surface area contributed by atoms with Crippen LogP contribution < -0.4 is 15.8 Å². The van der Waals surface area contributed by atoms with Gasteiger partial charge in [0.1, 0.15) is 0 Å². The van der Waals surface area contributed by atoms with Crippen LogP contribution in [0, 0.1) is 6.92 Å². The zero-order chi connectivity index (χ0) is 15.5. The Hall–Kier alpha value is -1.96. The molecule has 0 aliphatic rings. The number of benzene rings is 2. The van der Waals surface area contributed by atoms with Crippen LogP contribution >= 0.6 is 12.2 Å². The van der Waals surface area contributed by atoms with Crippen molar-refractivity contribution in [2.75, 3.05) is 10.6 Å². The monoisotopic (exact) mass is 321 g/mol. The van der Waals surface area contributed by atoms with E-state index in [0.717, 1.165) is 11.3 Å². The van der Waals surface area contributed by atoms with Crippen molar-refractivity contribution in [3.8, 4) is 0 Å². The van der Waals surface area contributed by atoms with Gasteiger partial charge in [-0.2, -0.15) is 0 Å². The second-order valence-corrected chi connectivity index (χ2v) is 6.49. The highest BCUT2D eigenvalue weighted by Crippen LogP contribution is 2.14. The van der Waals surface area contributed by atoms with E-state index >= 15 is 0 Å². The van der Waals surface area contributed by atoms with Gasteiger partial charge in [0.2, 0.25) is 10.0 Å². The third-order valence-electron chi connectivity index (χ3n) is 2.72. The predicted octanol–water partition coefficient (Wildman–Crippen LogP) is 2.45. The first-order valence-electron chi connectivity index (χ1n) is 6.12. The first-order valence-corrected chi connectivity index (χ1v) is 8.07. The van der Waals surface area contributed by atoms with Crippen LogP contribution in [0.2, 0.25) is 0 Å². The van der Waals surface area contributed by atoms with Gasteiger partial charge in [0, 0.05) is 11.4 Å². The Morgan fingerprint density at radius 1 is 1.05 bits per heavy atom. The Balaban J connectivity index is 2.03. The third-order valence-corrected chi connectivity index (χ3v) is 3.85. The van der Waals surface area contributed by atoms with Gasteiger partial charge in [-0.3, -0.25) is 0 Å². The summed E-state index contributed by atoms with van der Waals surface area (Å²) in [7, 11) is -3.68. The molecule has 0 atom stereocenters. The lowest BCUT2D eigenvalue weighted by atomic mass is 10.2. The molecule has 2 aromatic carbocycles. The first kappa shape index (κ1) is 15.4. The summed E-state index contributed by atoms with van der Waals surface area (Å²) in [6, 6.07) is 13.9. The number of nitrogens with one attached hydrogen (secondary N) is 2. The second-order valence-electron chi connectivity index (χ2n) is 4.52. The van der Waals surface area contributed by atoms with Crippen LogP contribution in [-0.2, 0) is 10.0 Å². The van der Waals surface area contributed by atoms with E-state index in [1.54, 1.807) is 12.1 Å². The number of primary sulfonamides is 1. The summed E-state index contributed by atoms with van der Waals surface area (Å²) in [5.41, 5.74) is 2.68. The summed E-state index contributed by atoms with van der Waals surface area (Å²) in [4.78, 5) is 0.0608. The van der Waals surface area contributed by atoms with Crippen LogP contribution in [0.15, 0.2) is 53.4 Å². The maximum Gasteiger partial charge on any atom is 0.238 e. The number of anilines is 2. The Bertz CT molecular complexity index is 756. The first-order chi connectivity index (χ1) is 9.84. The maximum absolute atomic E-state index is 11.2. The highest BCUT2D eigenvalue weighted by molar-refractivity contribution is 7.89. The number of hydrogen-bond acceptors (Lipinski definition) is 3. The lowest BCUT2D eigenvalue weighted by Gasteiger charge is -2.11. The van der Waals surface area contributed by atoms with Gasteiger partial charge >= 0.3 is 0 Å². The van der Waals surface area contributed by atoms with E-state index in [0.29, 0.717) is 10.8 Å². The fourth-order valence-electron chi connectivity index (χ4n) is 1.74. The number of aryl methyl sites for hydroxylation is 1. The molecular formula is C14H15N3O2S2. The molecule has 0 unspecified atom stereocenters. The van der Waals surface area contributed by atoms with Crippen LogP contribution in [0.1, 0.15) is 5.56 Å². The minimum absolute atomic E-state index is 0.0608. The summed E-state index contributed by atoms with van der Waals surface area (Å²) in [5, 5.41) is 11.5. The molecule has 0 fully saturated rings. The summed E-state index contributed by atoms with van der Waals surface area (Å²) >= 11 is 5.20. The smallest absolute Gasteiger partial charge is 0.238 e. The Labute approximate surface area is 129 Å². The summed E-state index contributed by atoms with van der Waals surface area (Å²) < 4.78 is 22.3. The van der Waals surface area contributed by atoms with Gasteiger partial charge in [0.15, 0.2) is 5.11 Å². The normalized spacial score (nSPS) is 11.0. The van der Waals surface area contributed by atoms with Crippen molar-refractivity contribution in [3.63, 3.8) is 0 Å². The largest absolute Gasteiger partial charge is 0.332 e. The Morgan fingerprint density at radius 3 is 2.24 bits per heavy atom. The molecule has 0 spiro atoms. The van der Waals surface area contributed by atoms with Crippen molar-refractivity contribution >= 4 is 38.7 Å². The fraction of sp³-hybridized carbons (Fsp3) is 0.0714. The standard InChI is InChI=1S/C14H15N3O2S2/c1-10-3-2-4-12(9-10)17-14(20)16-11-5-7-13(8-6-11)21(15,18)19/h2-9H,1H3,(H2,15,18,19)(H2,16,17,20). The molecule has 0 aromatic heterocycles. The molecule has 0 aliphatic heterocycles. The number of hydrogen-bond donors (Lipinski definition) is 3. The molecule has 21 heavy (non-hydrogen) atoms. The number of thiocarbonyl (C=S) groups is 1. The van der Waals surface area contributed by atoms with Crippen molar-refractivity contribution < 1.29 is 8.42 Å². The number of sulfonamides is 1. The van der Waals surface area contributed by atoms with Gasteiger partial charge in [-0.05, 0) is 61.1 Å². The molecule has 2 rings (SSSR count). The third kappa shape index (κ3) is 4.52. The van der Waals surface area contributed by atoms with Crippen LogP contribution in [-0.4, -0.2) is 13.5 Å².